The summed E-state index contributed by atoms with van der Waals surface area (Å²) in [5.74, 6) is 0.875. The van der Waals surface area contributed by atoms with Gasteiger partial charge < -0.3 is 5.32 Å². The SMILES string of the molecule is c1ccc(C(NCC2CC2)c2ccccn2)cc1. The summed E-state index contributed by atoms with van der Waals surface area (Å²) in [5, 5.41) is 3.65. The zero-order valence-electron chi connectivity index (χ0n) is 10.4. The highest BCUT2D eigenvalue weighted by Crippen LogP contribution is 2.29. The van der Waals surface area contributed by atoms with Crippen LogP contribution in [0.1, 0.15) is 30.1 Å². The Labute approximate surface area is 108 Å². The molecule has 1 saturated carbocycles. The Morgan fingerprint density at radius 1 is 1.06 bits per heavy atom. The first kappa shape index (κ1) is 11.4. The fourth-order valence-corrected chi connectivity index (χ4v) is 2.19. The summed E-state index contributed by atoms with van der Waals surface area (Å²) in [6, 6.07) is 16.9. The fourth-order valence-electron chi connectivity index (χ4n) is 2.19. The van der Waals surface area contributed by atoms with Crippen LogP contribution in [-0.2, 0) is 0 Å². The van der Waals surface area contributed by atoms with Crippen molar-refractivity contribution >= 4 is 0 Å². The molecular weight excluding hydrogens is 220 g/mol. The van der Waals surface area contributed by atoms with Gasteiger partial charge in [-0.25, -0.2) is 0 Å². The normalized spacial score (nSPS) is 16.4. The first-order valence-corrected chi connectivity index (χ1v) is 6.63. The summed E-state index contributed by atoms with van der Waals surface area (Å²) in [5.41, 5.74) is 2.39. The molecule has 3 rings (SSSR count). The van der Waals surface area contributed by atoms with Crippen molar-refractivity contribution in [3.8, 4) is 0 Å². The van der Waals surface area contributed by atoms with E-state index in [1.165, 1.54) is 18.4 Å². The second kappa shape index (κ2) is 5.32. The van der Waals surface area contributed by atoms with Gasteiger partial charge in [-0.1, -0.05) is 36.4 Å². The third-order valence-electron chi connectivity index (χ3n) is 3.42. The number of nitrogens with zero attached hydrogens (tertiary/aromatic N) is 1. The molecule has 18 heavy (non-hydrogen) atoms. The minimum absolute atomic E-state index is 0.216. The maximum Gasteiger partial charge on any atom is 0.0751 e. The lowest BCUT2D eigenvalue weighted by molar-refractivity contribution is 0.563. The van der Waals surface area contributed by atoms with Gasteiger partial charge in [0.2, 0.25) is 0 Å². The predicted molar refractivity (Wildman–Crippen MR) is 73.2 cm³/mol. The van der Waals surface area contributed by atoms with Crippen molar-refractivity contribution in [3.63, 3.8) is 0 Å². The van der Waals surface area contributed by atoms with Crippen LogP contribution < -0.4 is 5.32 Å². The van der Waals surface area contributed by atoms with Gasteiger partial charge in [0.25, 0.3) is 0 Å². The molecule has 1 aromatic heterocycles. The lowest BCUT2D eigenvalue weighted by Gasteiger charge is -2.18. The van der Waals surface area contributed by atoms with Crippen molar-refractivity contribution in [3.05, 3.63) is 66.0 Å². The number of rotatable bonds is 5. The Bertz CT molecular complexity index is 437. The molecule has 1 aliphatic carbocycles. The molecule has 2 nitrogen and oxygen atoms in total. The Morgan fingerprint density at radius 2 is 1.83 bits per heavy atom. The number of pyridine rings is 1. The van der Waals surface area contributed by atoms with Crippen molar-refractivity contribution in [2.24, 2.45) is 5.92 Å². The van der Waals surface area contributed by atoms with Gasteiger partial charge in [-0.3, -0.25) is 4.98 Å². The van der Waals surface area contributed by atoms with Crippen molar-refractivity contribution in [1.29, 1.82) is 0 Å². The van der Waals surface area contributed by atoms with E-state index in [9.17, 15) is 0 Å². The number of aromatic nitrogens is 1. The van der Waals surface area contributed by atoms with Gasteiger partial charge in [-0.05, 0) is 43.0 Å². The van der Waals surface area contributed by atoms with E-state index in [1.807, 2.05) is 12.3 Å². The van der Waals surface area contributed by atoms with Crippen LogP contribution in [0.15, 0.2) is 54.7 Å². The molecule has 0 spiro atoms. The highest BCUT2D eigenvalue weighted by Gasteiger charge is 2.23. The minimum Gasteiger partial charge on any atom is -0.305 e. The average Bonchev–Trinajstić information content (AvgIpc) is 3.26. The molecule has 1 fully saturated rings. The predicted octanol–water partition coefficient (Wildman–Crippen LogP) is 3.17. The van der Waals surface area contributed by atoms with Gasteiger partial charge in [0.1, 0.15) is 0 Å². The average molecular weight is 238 g/mol. The zero-order chi connectivity index (χ0) is 12.2. The maximum absolute atomic E-state index is 4.49. The van der Waals surface area contributed by atoms with E-state index in [0.717, 1.165) is 18.2 Å². The lowest BCUT2D eigenvalue weighted by Crippen LogP contribution is -2.25. The van der Waals surface area contributed by atoms with Gasteiger partial charge in [-0.15, -0.1) is 0 Å². The summed E-state index contributed by atoms with van der Waals surface area (Å²) >= 11 is 0. The first-order chi connectivity index (χ1) is 8.93. The third kappa shape index (κ3) is 2.77. The molecule has 1 unspecified atom stereocenters. The summed E-state index contributed by atoms with van der Waals surface area (Å²) in [6.45, 7) is 1.09. The molecule has 1 N–H and O–H groups in total. The Kier molecular flexibility index (Phi) is 3.37. The Balaban J connectivity index is 1.83. The molecule has 0 saturated heterocycles. The lowest BCUT2D eigenvalue weighted by atomic mass is 10.0. The van der Waals surface area contributed by atoms with Crippen molar-refractivity contribution in [1.82, 2.24) is 10.3 Å². The van der Waals surface area contributed by atoms with Crippen LogP contribution in [-0.4, -0.2) is 11.5 Å². The number of hydrogen-bond acceptors (Lipinski definition) is 2. The monoisotopic (exact) mass is 238 g/mol. The summed E-state index contributed by atoms with van der Waals surface area (Å²) < 4.78 is 0. The Morgan fingerprint density at radius 3 is 2.50 bits per heavy atom. The number of benzene rings is 1. The van der Waals surface area contributed by atoms with Gasteiger partial charge in [0.05, 0.1) is 11.7 Å². The van der Waals surface area contributed by atoms with Crippen molar-refractivity contribution < 1.29 is 0 Å². The smallest absolute Gasteiger partial charge is 0.0751 e. The minimum atomic E-state index is 0.216. The molecule has 1 atom stereocenters. The van der Waals surface area contributed by atoms with E-state index >= 15 is 0 Å². The second-order valence-corrected chi connectivity index (χ2v) is 4.95. The van der Waals surface area contributed by atoms with E-state index in [0.29, 0.717) is 0 Å². The van der Waals surface area contributed by atoms with Crippen LogP contribution >= 0.6 is 0 Å². The van der Waals surface area contributed by atoms with E-state index < -0.39 is 0 Å². The molecule has 0 amide bonds. The Hall–Kier alpha value is -1.67. The van der Waals surface area contributed by atoms with Crippen molar-refractivity contribution in [2.45, 2.75) is 18.9 Å². The molecule has 1 aliphatic rings. The van der Waals surface area contributed by atoms with Crippen molar-refractivity contribution in [2.75, 3.05) is 6.54 Å². The van der Waals surface area contributed by atoms with Gasteiger partial charge >= 0.3 is 0 Å². The van der Waals surface area contributed by atoms with Crippen LogP contribution in [0.3, 0.4) is 0 Å². The molecule has 2 aromatic rings. The summed E-state index contributed by atoms with van der Waals surface area (Å²) in [6.07, 6.45) is 4.61. The molecule has 1 aromatic carbocycles. The topological polar surface area (TPSA) is 24.9 Å². The van der Waals surface area contributed by atoms with Gasteiger partial charge in [0.15, 0.2) is 0 Å². The summed E-state index contributed by atoms with van der Waals surface area (Å²) in [4.78, 5) is 4.49. The molecule has 2 heteroatoms. The highest BCUT2D eigenvalue weighted by molar-refractivity contribution is 5.27. The zero-order valence-corrected chi connectivity index (χ0v) is 10.4. The third-order valence-corrected chi connectivity index (χ3v) is 3.42. The summed E-state index contributed by atoms with van der Waals surface area (Å²) in [7, 11) is 0. The highest BCUT2D eigenvalue weighted by atomic mass is 14.9. The van der Waals surface area contributed by atoms with Gasteiger partial charge in [0, 0.05) is 6.20 Å². The fraction of sp³-hybridized carbons (Fsp3) is 0.312. The van der Waals surface area contributed by atoms with Crippen LogP contribution in [0.5, 0.6) is 0 Å². The van der Waals surface area contributed by atoms with Gasteiger partial charge in [-0.2, -0.15) is 0 Å². The standard InChI is InChI=1S/C16H18N2/c1-2-6-14(7-3-1)16(18-12-13-9-10-13)15-8-4-5-11-17-15/h1-8,11,13,16,18H,9-10,12H2. The molecular formula is C16H18N2. The van der Waals surface area contributed by atoms with Crippen LogP contribution in [0.4, 0.5) is 0 Å². The molecule has 1 heterocycles. The number of nitrogens with one attached hydrogen (secondary N) is 1. The van der Waals surface area contributed by atoms with Crippen LogP contribution in [0.25, 0.3) is 0 Å². The van der Waals surface area contributed by atoms with E-state index in [4.69, 9.17) is 0 Å². The maximum atomic E-state index is 4.49. The van der Waals surface area contributed by atoms with Crippen LogP contribution in [0.2, 0.25) is 0 Å². The van der Waals surface area contributed by atoms with Crippen LogP contribution in [0, 0.1) is 5.92 Å². The molecule has 0 radical (unpaired) electrons. The molecule has 0 aliphatic heterocycles. The second-order valence-electron chi connectivity index (χ2n) is 4.95. The van der Waals surface area contributed by atoms with E-state index in [-0.39, 0.29) is 6.04 Å². The largest absolute Gasteiger partial charge is 0.305 e. The van der Waals surface area contributed by atoms with E-state index in [2.05, 4.69) is 52.8 Å². The molecule has 0 bridgehead atoms. The van der Waals surface area contributed by atoms with E-state index in [1.54, 1.807) is 0 Å². The molecule has 92 valence electrons. The first-order valence-electron chi connectivity index (χ1n) is 6.63. The quantitative estimate of drug-likeness (QED) is 0.865. The number of hydrogen-bond donors (Lipinski definition) is 1.